The zero-order valence-electron chi connectivity index (χ0n) is 22.6. The maximum absolute atomic E-state index is 12.1. The Bertz CT molecular complexity index is 794. The van der Waals surface area contributed by atoms with Crippen molar-refractivity contribution >= 4 is 34.1 Å². The molecule has 15 heteroatoms. The topological polar surface area (TPSA) is 221 Å². The smallest absolute Gasteiger partial charge is 0.747 e. The van der Waals surface area contributed by atoms with Gasteiger partial charge in [0.25, 0.3) is 0 Å². The molecule has 210 valence electrons. The second kappa shape index (κ2) is 23.5. The van der Waals surface area contributed by atoms with Gasteiger partial charge in [-0.3, -0.25) is 9.59 Å². The number of ether oxygens (including phenoxy) is 2. The number of hydrogen-bond acceptors (Lipinski definition) is 9. The molecule has 0 heterocycles. The first-order valence-electron chi connectivity index (χ1n) is 12.1. The molecule has 0 aromatic rings. The van der Waals surface area contributed by atoms with E-state index in [1.807, 2.05) is 13.8 Å². The average molecular weight is 561 g/mol. The maximum atomic E-state index is 12.1. The van der Waals surface area contributed by atoms with E-state index in [-0.39, 0.29) is 54.6 Å². The van der Waals surface area contributed by atoms with Crippen molar-refractivity contribution in [1.29, 1.82) is 0 Å². The van der Waals surface area contributed by atoms with Crippen LogP contribution in [0.3, 0.4) is 0 Å². The summed E-state index contributed by atoms with van der Waals surface area (Å²) in [5.41, 5.74) is 8.87. The second-order valence-electron chi connectivity index (χ2n) is 8.21. The Morgan fingerprint density at radius 1 is 0.811 bits per heavy atom. The van der Waals surface area contributed by atoms with E-state index < -0.39 is 45.8 Å². The van der Waals surface area contributed by atoms with E-state index in [0.717, 1.165) is 51.4 Å². The van der Waals surface area contributed by atoms with Crippen LogP contribution in [0.2, 0.25) is 0 Å². The standard InChI is InChI=1S/C20H38O7S.C2H4N4O2.Na/c1-5-9-11-16(7-3)14-26-19(21)13-18(28(23,24)25)20(22)27-15-17(8-4)12-10-6-2;3-1(7)5-6-2(4)8;/h16-18H,5-15H2,1-4H3,(H,23,24,25);(H2,3,7)(H2,4,8);/q;;+1/p-1. The first kappa shape index (κ1) is 39.9. The first-order chi connectivity index (χ1) is 16.8. The zero-order valence-corrected chi connectivity index (χ0v) is 25.5. The van der Waals surface area contributed by atoms with Gasteiger partial charge < -0.3 is 25.5 Å². The molecule has 0 saturated carbocycles. The van der Waals surface area contributed by atoms with Crippen LogP contribution in [0.25, 0.3) is 0 Å². The van der Waals surface area contributed by atoms with Gasteiger partial charge in [-0.2, -0.15) is 0 Å². The molecular weight excluding hydrogens is 519 g/mol. The van der Waals surface area contributed by atoms with Crippen LogP contribution in [0.4, 0.5) is 9.59 Å². The number of urea groups is 2. The van der Waals surface area contributed by atoms with Crippen LogP contribution < -0.4 is 41.0 Å². The van der Waals surface area contributed by atoms with Crippen LogP contribution in [0.5, 0.6) is 0 Å². The number of esters is 2. The Balaban J connectivity index is -0.00000110. The molecule has 13 nitrogen and oxygen atoms in total. The summed E-state index contributed by atoms with van der Waals surface area (Å²) in [5, 5.41) is 3.17. The molecule has 3 unspecified atom stereocenters. The van der Waals surface area contributed by atoms with Crippen molar-refractivity contribution < 1.29 is 71.2 Å². The molecule has 0 spiro atoms. The zero-order chi connectivity index (χ0) is 28.1. The molecule has 4 amide bonds. The summed E-state index contributed by atoms with van der Waals surface area (Å²) >= 11 is 0. The van der Waals surface area contributed by atoms with Crippen molar-refractivity contribution in [2.45, 2.75) is 90.7 Å². The van der Waals surface area contributed by atoms with Crippen molar-refractivity contribution in [3.63, 3.8) is 0 Å². The first-order valence-corrected chi connectivity index (χ1v) is 13.6. The summed E-state index contributed by atoms with van der Waals surface area (Å²) in [4.78, 5) is 43.5. The molecule has 0 radical (unpaired) electrons. The van der Waals surface area contributed by atoms with E-state index in [4.69, 9.17) is 9.47 Å². The molecule has 4 N–H and O–H groups in total. The summed E-state index contributed by atoms with van der Waals surface area (Å²) in [6.07, 6.45) is 6.58. The van der Waals surface area contributed by atoms with Crippen LogP contribution >= 0.6 is 0 Å². The van der Waals surface area contributed by atoms with Gasteiger partial charge in [-0.15, -0.1) is 0 Å². The van der Waals surface area contributed by atoms with Crippen LogP contribution in [0.15, 0.2) is 10.2 Å². The second-order valence-corrected chi connectivity index (χ2v) is 9.76. The SMILES string of the molecule is CCCCC(CC)COC(=O)CC(C(=O)OCC(CC)CCCC)S(=O)(=O)[O-].NC(=O)N=NC(N)=O.[Na+]. The van der Waals surface area contributed by atoms with Crippen LogP contribution in [0, 0.1) is 11.8 Å². The Kier molecular flexibility index (Phi) is 25.3. The third-order valence-corrected chi connectivity index (χ3v) is 6.29. The number of primary amides is 2. The van der Waals surface area contributed by atoms with Crippen molar-refractivity contribution in [2.75, 3.05) is 13.2 Å². The van der Waals surface area contributed by atoms with E-state index >= 15 is 0 Å². The fourth-order valence-electron chi connectivity index (χ4n) is 2.91. The van der Waals surface area contributed by atoms with Crippen LogP contribution in [0.1, 0.15) is 85.5 Å². The molecular formula is C22H41N4NaO9S. The Labute approximate surface area is 241 Å². The molecule has 0 fully saturated rings. The Hall–Kier alpha value is -1.61. The number of rotatable bonds is 16. The van der Waals surface area contributed by atoms with E-state index in [1.165, 1.54) is 0 Å². The van der Waals surface area contributed by atoms with Gasteiger partial charge in [0.15, 0.2) is 5.25 Å². The monoisotopic (exact) mass is 560 g/mol. The van der Waals surface area contributed by atoms with Crippen molar-refractivity contribution in [3.8, 4) is 0 Å². The van der Waals surface area contributed by atoms with E-state index in [1.54, 1.807) is 0 Å². The fraction of sp³-hybridized carbons (Fsp3) is 0.818. The van der Waals surface area contributed by atoms with Gasteiger partial charge in [0.2, 0.25) is 0 Å². The third-order valence-electron chi connectivity index (χ3n) is 5.24. The van der Waals surface area contributed by atoms with Gasteiger partial charge >= 0.3 is 53.6 Å². The summed E-state index contributed by atoms with van der Waals surface area (Å²) in [6, 6.07) is -2.08. The van der Waals surface area contributed by atoms with Gasteiger partial charge in [0.05, 0.1) is 19.6 Å². The maximum Gasteiger partial charge on any atom is 1.00 e. The van der Waals surface area contributed by atoms with E-state index in [0.29, 0.717) is 0 Å². The van der Waals surface area contributed by atoms with Gasteiger partial charge in [-0.1, -0.05) is 76.4 Å². The largest absolute Gasteiger partial charge is 1.00 e. The molecule has 0 saturated heterocycles. The number of amides is 4. The van der Waals surface area contributed by atoms with Crippen molar-refractivity contribution in [2.24, 2.45) is 33.5 Å². The summed E-state index contributed by atoms with van der Waals surface area (Å²) < 4.78 is 44.6. The van der Waals surface area contributed by atoms with E-state index in [9.17, 15) is 32.1 Å². The third kappa shape index (κ3) is 23.3. The molecule has 0 aromatic carbocycles. The summed E-state index contributed by atoms with van der Waals surface area (Å²) in [6.45, 7) is 8.26. The number of hydrogen-bond donors (Lipinski definition) is 2. The summed E-state index contributed by atoms with van der Waals surface area (Å²) in [7, 11) is -5.01. The van der Waals surface area contributed by atoms with Crippen molar-refractivity contribution in [1.82, 2.24) is 0 Å². The van der Waals surface area contributed by atoms with Gasteiger partial charge in [0, 0.05) is 0 Å². The molecule has 0 rings (SSSR count). The predicted octanol–water partition coefficient (Wildman–Crippen LogP) is 0.410. The average Bonchev–Trinajstić information content (AvgIpc) is 2.81. The van der Waals surface area contributed by atoms with E-state index in [2.05, 4.69) is 35.5 Å². The number of azo groups is 1. The molecule has 0 bridgehead atoms. The normalized spacial score (nSPS) is 13.3. The molecule has 0 aromatic heterocycles. The molecule has 0 aliphatic carbocycles. The minimum Gasteiger partial charge on any atom is -0.747 e. The quantitative estimate of drug-likeness (QED) is 0.115. The van der Waals surface area contributed by atoms with Crippen LogP contribution in [-0.4, -0.2) is 55.4 Å². The van der Waals surface area contributed by atoms with Gasteiger partial charge in [-0.05, 0) is 24.7 Å². The molecule has 0 aliphatic heterocycles. The van der Waals surface area contributed by atoms with Crippen molar-refractivity contribution in [3.05, 3.63) is 0 Å². The molecule has 37 heavy (non-hydrogen) atoms. The number of nitrogens with zero attached hydrogens (tertiary/aromatic N) is 2. The number of unbranched alkanes of at least 4 members (excludes halogenated alkanes) is 2. The Morgan fingerprint density at radius 3 is 1.54 bits per heavy atom. The minimum atomic E-state index is -5.01. The molecule has 0 aliphatic rings. The van der Waals surface area contributed by atoms with Gasteiger partial charge in [-0.25, -0.2) is 18.0 Å². The summed E-state index contributed by atoms with van der Waals surface area (Å²) in [5.74, 6) is -1.74. The Morgan fingerprint density at radius 2 is 1.22 bits per heavy atom. The number of carbonyl (C=O) groups excluding carboxylic acids is 4. The van der Waals surface area contributed by atoms with Gasteiger partial charge in [0.1, 0.15) is 10.1 Å². The minimum absolute atomic E-state index is 0. The predicted molar refractivity (Wildman–Crippen MR) is 131 cm³/mol. The fourth-order valence-corrected chi connectivity index (χ4v) is 3.56. The number of nitrogens with two attached hydrogens (primary N) is 2. The van der Waals surface area contributed by atoms with Crippen LogP contribution in [-0.2, 0) is 29.2 Å². The number of carbonyl (C=O) groups is 4. The molecule has 3 atom stereocenters.